The van der Waals surface area contributed by atoms with E-state index in [1.807, 2.05) is 25.9 Å². The Balaban J connectivity index is 0. The van der Waals surface area contributed by atoms with Crippen LogP contribution in [0.4, 0.5) is 0 Å². The Morgan fingerprint density at radius 3 is 1.76 bits per heavy atom. The summed E-state index contributed by atoms with van der Waals surface area (Å²) in [7, 11) is 3.79. The molecule has 0 fully saturated rings. The largest absolute Gasteiger partial charge is 0.465 e. The Morgan fingerprint density at radius 2 is 1.33 bits per heavy atom. The van der Waals surface area contributed by atoms with Crippen LogP contribution in [0.25, 0.3) is 0 Å². The molecule has 0 heterocycles. The Bertz CT molecular complexity index is 235. The molecule has 3 nitrogen and oxygen atoms in total. The number of carbonyl (C=O) groups is 1. The van der Waals surface area contributed by atoms with Gasteiger partial charge in [-0.15, -0.1) is 17.0 Å². The van der Waals surface area contributed by atoms with Crippen molar-refractivity contribution in [2.24, 2.45) is 0 Å². The zero-order chi connectivity index (χ0) is 15.2. The van der Waals surface area contributed by atoms with E-state index in [-0.39, 0.29) is 29.0 Å². The third-order valence-electron chi connectivity index (χ3n) is 3.86. The first-order valence-electron chi connectivity index (χ1n) is 8.42. The van der Waals surface area contributed by atoms with Crippen molar-refractivity contribution in [2.45, 2.75) is 84.1 Å². The highest BCUT2D eigenvalue weighted by molar-refractivity contribution is 8.93. The van der Waals surface area contributed by atoms with Crippen molar-refractivity contribution in [3.8, 4) is 0 Å². The van der Waals surface area contributed by atoms with E-state index in [0.29, 0.717) is 6.61 Å². The van der Waals surface area contributed by atoms with Crippen LogP contribution in [0.5, 0.6) is 0 Å². The second-order valence-corrected chi connectivity index (χ2v) is 5.99. The molecular formula is C17H36BrNO2. The fourth-order valence-electron chi connectivity index (χ4n) is 2.09. The highest BCUT2D eigenvalue weighted by Crippen LogP contribution is 2.10. The van der Waals surface area contributed by atoms with E-state index in [9.17, 15) is 4.79 Å². The predicted molar refractivity (Wildman–Crippen MR) is 96.3 cm³/mol. The summed E-state index contributed by atoms with van der Waals surface area (Å²) in [6.07, 6.45) is 13.0. The van der Waals surface area contributed by atoms with Crippen LogP contribution >= 0.6 is 17.0 Å². The zero-order valence-electron chi connectivity index (χ0n) is 14.5. The van der Waals surface area contributed by atoms with Crippen LogP contribution in [-0.4, -0.2) is 37.6 Å². The van der Waals surface area contributed by atoms with Gasteiger partial charge in [0.1, 0.15) is 6.04 Å². The standard InChI is InChI=1S/C17H35NO2.BrH/c1-5-6-7-8-9-10-11-12-13-14-15-20-17(19)16(2)18(3)4;/h16H,5-15H2,1-4H3;1H. The van der Waals surface area contributed by atoms with Crippen LogP contribution in [0.1, 0.15) is 78.1 Å². The van der Waals surface area contributed by atoms with Crippen LogP contribution in [0.3, 0.4) is 0 Å². The number of hydrogen-bond acceptors (Lipinski definition) is 3. The van der Waals surface area contributed by atoms with Crippen molar-refractivity contribution < 1.29 is 9.53 Å². The summed E-state index contributed by atoms with van der Waals surface area (Å²) in [4.78, 5) is 13.5. The number of nitrogens with zero attached hydrogens (tertiary/aromatic N) is 1. The first kappa shape index (κ1) is 23.2. The molecule has 0 aliphatic heterocycles. The molecule has 0 aromatic carbocycles. The van der Waals surface area contributed by atoms with Gasteiger partial charge in [-0.2, -0.15) is 0 Å². The third kappa shape index (κ3) is 14.6. The molecule has 0 saturated carbocycles. The molecule has 1 unspecified atom stereocenters. The number of rotatable bonds is 13. The Morgan fingerprint density at radius 1 is 0.905 bits per heavy atom. The molecular weight excluding hydrogens is 330 g/mol. The first-order chi connectivity index (χ1) is 9.59. The van der Waals surface area contributed by atoms with Crippen LogP contribution in [0.2, 0.25) is 0 Å². The smallest absolute Gasteiger partial charge is 0.323 e. The minimum Gasteiger partial charge on any atom is -0.465 e. The summed E-state index contributed by atoms with van der Waals surface area (Å²) in [5.74, 6) is -0.106. The van der Waals surface area contributed by atoms with Crippen LogP contribution in [-0.2, 0) is 9.53 Å². The van der Waals surface area contributed by atoms with E-state index < -0.39 is 0 Å². The number of carbonyl (C=O) groups excluding carboxylic acids is 1. The highest BCUT2D eigenvalue weighted by atomic mass is 79.9. The van der Waals surface area contributed by atoms with Gasteiger partial charge in [0.15, 0.2) is 0 Å². The maximum absolute atomic E-state index is 11.6. The molecule has 21 heavy (non-hydrogen) atoms. The van der Waals surface area contributed by atoms with Crippen molar-refractivity contribution in [1.82, 2.24) is 4.90 Å². The molecule has 4 heteroatoms. The molecule has 0 amide bonds. The minimum absolute atomic E-state index is 0. The van der Waals surface area contributed by atoms with Gasteiger partial charge in [0.25, 0.3) is 0 Å². The minimum atomic E-state index is -0.141. The molecule has 128 valence electrons. The molecule has 0 aliphatic rings. The number of halogens is 1. The van der Waals surface area contributed by atoms with Gasteiger partial charge in [-0.1, -0.05) is 64.7 Å². The van der Waals surface area contributed by atoms with Crippen LogP contribution in [0, 0.1) is 0 Å². The Kier molecular flexibility index (Phi) is 18.0. The predicted octanol–water partition coefficient (Wildman–Crippen LogP) is 4.98. The molecule has 0 spiro atoms. The van der Waals surface area contributed by atoms with E-state index in [1.165, 1.54) is 57.8 Å². The lowest BCUT2D eigenvalue weighted by molar-refractivity contribution is -0.148. The normalized spacial score (nSPS) is 12.0. The monoisotopic (exact) mass is 365 g/mol. The molecule has 0 N–H and O–H groups in total. The fourth-order valence-corrected chi connectivity index (χ4v) is 2.09. The van der Waals surface area contributed by atoms with Crippen molar-refractivity contribution >= 4 is 23.0 Å². The van der Waals surface area contributed by atoms with Crippen molar-refractivity contribution in [2.75, 3.05) is 20.7 Å². The summed E-state index contributed by atoms with van der Waals surface area (Å²) < 4.78 is 5.26. The van der Waals surface area contributed by atoms with Crippen molar-refractivity contribution in [3.63, 3.8) is 0 Å². The molecule has 0 aliphatic carbocycles. The van der Waals surface area contributed by atoms with Gasteiger partial charge in [0.2, 0.25) is 0 Å². The van der Waals surface area contributed by atoms with Gasteiger partial charge in [0, 0.05) is 0 Å². The van der Waals surface area contributed by atoms with Gasteiger partial charge in [0.05, 0.1) is 6.61 Å². The molecule has 0 bridgehead atoms. The molecule has 0 saturated heterocycles. The van der Waals surface area contributed by atoms with E-state index in [2.05, 4.69) is 6.92 Å². The lowest BCUT2D eigenvalue weighted by Crippen LogP contribution is -2.34. The second kappa shape index (κ2) is 16.3. The van der Waals surface area contributed by atoms with Gasteiger partial charge in [-0.3, -0.25) is 9.69 Å². The number of esters is 1. The number of hydrogen-bond donors (Lipinski definition) is 0. The Labute approximate surface area is 142 Å². The van der Waals surface area contributed by atoms with E-state index >= 15 is 0 Å². The third-order valence-corrected chi connectivity index (χ3v) is 3.86. The topological polar surface area (TPSA) is 29.5 Å². The average Bonchev–Trinajstić information content (AvgIpc) is 2.43. The summed E-state index contributed by atoms with van der Waals surface area (Å²) in [5, 5.41) is 0. The summed E-state index contributed by atoms with van der Waals surface area (Å²) in [5.41, 5.74) is 0. The van der Waals surface area contributed by atoms with Crippen LogP contribution < -0.4 is 0 Å². The first-order valence-corrected chi connectivity index (χ1v) is 8.42. The number of likely N-dealkylation sites (N-methyl/N-ethyl adjacent to an activating group) is 1. The summed E-state index contributed by atoms with van der Waals surface area (Å²) >= 11 is 0. The Hall–Kier alpha value is -0.0900. The SMILES string of the molecule is Br.CCCCCCCCCCCCOC(=O)C(C)N(C)C. The molecule has 0 aromatic heterocycles. The van der Waals surface area contributed by atoms with E-state index in [1.54, 1.807) is 0 Å². The average molecular weight is 366 g/mol. The fraction of sp³-hybridized carbons (Fsp3) is 0.941. The zero-order valence-corrected chi connectivity index (χ0v) is 16.2. The summed E-state index contributed by atoms with van der Waals surface area (Å²) in [6.45, 7) is 4.71. The highest BCUT2D eigenvalue weighted by Gasteiger charge is 2.15. The number of unbranched alkanes of at least 4 members (excludes halogenated alkanes) is 9. The van der Waals surface area contributed by atoms with Gasteiger partial charge in [-0.05, 0) is 27.4 Å². The van der Waals surface area contributed by atoms with Crippen LogP contribution in [0.15, 0.2) is 0 Å². The maximum atomic E-state index is 11.6. The van der Waals surface area contributed by atoms with Crippen molar-refractivity contribution in [3.05, 3.63) is 0 Å². The van der Waals surface area contributed by atoms with Gasteiger partial charge >= 0.3 is 5.97 Å². The quantitative estimate of drug-likeness (QED) is 0.340. The summed E-state index contributed by atoms with van der Waals surface area (Å²) in [6, 6.07) is -0.141. The second-order valence-electron chi connectivity index (χ2n) is 5.99. The molecule has 1 atom stereocenters. The van der Waals surface area contributed by atoms with E-state index in [4.69, 9.17) is 4.74 Å². The molecule has 0 aromatic rings. The lowest BCUT2D eigenvalue weighted by atomic mass is 10.1. The van der Waals surface area contributed by atoms with Gasteiger partial charge in [-0.25, -0.2) is 0 Å². The number of ether oxygens (including phenoxy) is 1. The molecule has 0 radical (unpaired) electrons. The van der Waals surface area contributed by atoms with Crippen molar-refractivity contribution in [1.29, 1.82) is 0 Å². The van der Waals surface area contributed by atoms with Gasteiger partial charge < -0.3 is 4.74 Å². The maximum Gasteiger partial charge on any atom is 0.323 e. The molecule has 0 rings (SSSR count). The van der Waals surface area contributed by atoms with E-state index in [0.717, 1.165) is 6.42 Å². The lowest BCUT2D eigenvalue weighted by Gasteiger charge is -2.17.